The molecule has 0 unspecified atom stereocenters. The number of hydrogen-bond acceptors (Lipinski definition) is 3. The molecule has 1 N–H and O–H groups in total. The molecule has 0 aliphatic carbocycles. The van der Waals surface area contributed by atoms with Crippen LogP contribution in [0.4, 0.5) is 0 Å². The van der Waals surface area contributed by atoms with Gasteiger partial charge in [-0.2, -0.15) is 0 Å². The van der Waals surface area contributed by atoms with Gasteiger partial charge in [-0.15, -0.1) is 0 Å². The number of para-hydroxylation sites is 1. The second kappa shape index (κ2) is 8.56. The number of carboxylic acids is 1. The van der Waals surface area contributed by atoms with E-state index in [1.165, 1.54) is 0 Å². The molecule has 0 saturated heterocycles. The minimum absolute atomic E-state index is 0.0240. The van der Waals surface area contributed by atoms with Crippen molar-refractivity contribution in [2.45, 2.75) is 19.9 Å². The average Bonchev–Trinajstić information content (AvgIpc) is 2.51. The van der Waals surface area contributed by atoms with E-state index < -0.39 is 5.97 Å². The van der Waals surface area contributed by atoms with Crippen LogP contribution in [0, 0.1) is 0 Å². The van der Waals surface area contributed by atoms with E-state index in [1.54, 1.807) is 6.07 Å². The van der Waals surface area contributed by atoms with Gasteiger partial charge in [0.2, 0.25) is 0 Å². The Morgan fingerprint density at radius 3 is 2.57 bits per heavy atom. The fourth-order valence-corrected chi connectivity index (χ4v) is 2.57. The Hall–Kier alpha value is -2.04. The summed E-state index contributed by atoms with van der Waals surface area (Å²) in [6, 6.07) is 14.9. The fourth-order valence-electron chi connectivity index (χ4n) is 2.35. The van der Waals surface area contributed by atoms with E-state index in [9.17, 15) is 4.79 Å². The van der Waals surface area contributed by atoms with Crippen molar-refractivity contribution in [3.63, 3.8) is 0 Å². The monoisotopic (exact) mass is 333 g/mol. The lowest BCUT2D eigenvalue weighted by Crippen LogP contribution is -2.30. The van der Waals surface area contributed by atoms with E-state index in [4.69, 9.17) is 21.4 Å². The van der Waals surface area contributed by atoms with Crippen molar-refractivity contribution < 1.29 is 14.6 Å². The predicted octanol–water partition coefficient (Wildman–Crippen LogP) is 4.43. The fraction of sp³-hybridized carbons (Fsp3) is 0.278. The van der Waals surface area contributed by atoms with Gasteiger partial charge in [0, 0.05) is 17.1 Å². The van der Waals surface area contributed by atoms with Gasteiger partial charge in [-0.05, 0) is 37.2 Å². The molecule has 2 aromatic rings. The number of carbonyl (C=O) groups is 1. The van der Waals surface area contributed by atoms with Gasteiger partial charge in [0.1, 0.15) is 11.5 Å². The molecule has 122 valence electrons. The van der Waals surface area contributed by atoms with E-state index in [-0.39, 0.29) is 6.54 Å². The zero-order chi connectivity index (χ0) is 16.7. The number of carboxylic acid groups (broad SMARTS) is 1. The number of benzene rings is 2. The minimum atomic E-state index is -0.851. The summed E-state index contributed by atoms with van der Waals surface area (Å²) in [5, 5.41) is 9.63. The number of aliphatic carboxylic acids is 1. The summed E-state index contributed by atoms with van der Waals surface area (Å²) in [6.07, 6.45) is 0.868. The normalized spacial score (nSPS) is 10.7. The summed E-state index contributed by atoms with van der Waals surface area (Å²) in [4.78, 5) is 12.9. The first-order chi connectivity index (χ1) is 11.1. The molecule has 0 radical (unpaired) electrons. The maximum absolute atomic E-state index is 11.0. The number of rotatable bonds is 8. The van der Waals surface area contributed by atoms with E-state index in [0.29, 0.717) is 23.9 Å². The molecule has 0 aliphatic rings. The standard InChI is InChI=1S/C18H20ClNO3/c1-2-11-20(13-18(21)22)12-15-16(19)9-6-10-17(15)23-14-7-4-3-5-8-14/h3-10H,2,11-13H2,1H3,(H,21,22). The summed E-state index contributed by atoms with van der Waals surface area (Å²) in [5.41, 5.74) is 0.799. The first-order valence-electron chi connectivity index (χ1n) is 7.54. The lowest BCUT2D eigenvalue weighted by Gasteiger charge is -2.22. The first kappa shape index (κ1) is 17.3. The van der Waals surface area contributed by atoms with Gasteiger partial charge in [-0.25, -0.2) is 0 Å². The lowest BCUT2D eigenvalue weighted by molar-refractivity contribution is -0.138. The maximum Gasteiger partial charge on any atom is 0.317 e. The molecule has 0 amide bonds. The summed E-state index contributed by atoms with van der Waals surface area (Å²) in [5.74, 6) is 0.516. The molecule has 0 aliphatic heterocycles. The SMILES string of the molecule is CCCN(CC(=O)O)Cc1c(Cl)cccc1Oc1ccccc1. The van der Waals surface area contributed by atoms with E-state index in [2.05, 4.69) is 0 Å². The second-order valence-corrected chi connectivity index (χ2v) is 5.64. The van der Waals surface area contributed by atoms with Crippen LogP contribution in [0.25, 0.3) is 0 Å². The van der Waals surface area contributed by atoms with Gasteiger partial charge in [0.25, 0.3) is 0 Å². The Kier molecular flexibility index (Phi) is 6.44. The van der Waals surface area contributed by atoms with Crippen LogP contribution in [-0.2, 0) is 11.3 Å². The zero-order valence-corrected chi connectivity index (χ0v) is 13.8. The van der Waals surface area contributed by atoms with Crippen LogP contribution in [0.15, 0.2) is 48.5 Å². The molecule has 4 nitrogen and oxygen atoms in total. The van der Waals surface area contributed by atoms with Gasteiger partial charge in [-0.1, -0.05) is 42.8 Å². The topological polar surface area (TPSA) is 49.8 Å². The minimum Gasteiger partial charge on any atom is -0.480 e. The zero-order valence-electron chi connectivity index (χ0n) is 13.0. The second-order valence-electron chi connectivity index (χ2n) is 5.24. The molecular formula is C18H20ClNO3. The van der Waals surface area contributed by atoms with Crippen LogP contribution in [0.2, 0.25) is 5.02 Å². The number of ether oxygens (including phenoxy) is 1. The van der Waals surface area contributed by atoms with Crippen molar-refractivity contribution in [1.29, 1.82) is 0 Å². The van der Waals surface area contributed by atoms with Crippen molar-refractivity contribution in [2.75, 3.05) is 13.1 Å². The van der Waals surface area contributed by atoms with Crippen molar-refractivity contribution in [3.8, 4) is 11.5 Å². The third-order valence-corrected chi connectivity index (χ3v) is 3.68. The Balaban J connectivity index is 2.24. The van der Waals surface area contributed by atoms with E-state index in [1.807, 2.05) is 54.3 Å². The Bertz CT molecular complexity index is 646. The molecule has 0 aromatic heterocycles. The predicted molar refractivity (Wildman–Crippen MR) is 91.2 cm³/mol. The van der Waals surface area contributed by atoms with Crippen molar-refractivity contribution in [3.05, 3.63) is 59.1 Å². The van der Waals surface area contributed by atoms with Crippen LogP contribution in [0.3, 0.4) is 0 Å². The van der Waals surface area contributed by atoms with Crippen LogP contribution < -0.4 is 4.74 Å². The molecule has 2 rings (SSSR count). The van der Waals surface area contributed by atoms with Gasteiger partial charge in [0.15, 0.2) is 0 Å². The third kappa shape index (κ3) is 5.27. The summed E-state index contributed by atoms with van der Waals surface area (Å²) in [6.45, 7) is 3.11. The molecule has 0 spiro atoms. The summed E-state index contributed by atoms with van der Waals surface area (Å²) in [7, 11) is 0. The van der Waals surface area contributed by atoms with Crippen LogP contribution >= 0.6 is 11.6 Å². The van der Waals surface area contributed by atoms with Gasteiger partial charge in [-0.3, -0.25) is 9.69 Å². The maximum atomic E-state index is 11.0. The highest BCUT2D eigenvalue weighted by Crippen LogP contribution is 2.31. The average molecular weight is 334 g/mol. The number of hydrogen-bond donors (Lipinski definition) is 1. The molecule has 5 heteroatoms. The molecule has 0 atom stereocenters. The summed E-state index contributed by atoms with van der Waals surface area (Å²) >= 11 is 6.32. The van der Waals surface area contributed by atoms with Crippen molar-refractivity contribution in [1.82, 2.24) is 4.90 Å². The smallest absolute Gasteiger partial charge is 0.317 e. The Labute approximate surface area is 141 Å². The highest BCUT2D eigenvalue weighted by atomic mass is 35.5. The molecule has 0 heterocycles. The van der Waals surface area contributed by atoms with Gasteiger partial charge < -0.3 is 9.84 Å². The summed E-state index contributed by atoms with van der Waals surface area (Å²) < 4.78 is 5.92. The molecule has 2 aromatic carbocycles. The van der Waals surface area contributed by atoms with Crippen molar-refractivity contribution in [2.24, 2.45) is 0 Å². The molecule has 0 bridgehead atoms. The molecular weight excluding hydrogens is 314 g/mol. The van der Waals surface area contributed by atoms with Crippen molar-refractivity contribution >= 4 is 17.6 Å². The highest BCUT2D eigenvalue weighted by Gasteiger charge is 2.15. The van der Waals surface area contributed by atoms with E-state index >= 15 is 0 Å². The number of nitrogens with zero attached hydrogens (tertiary/aromatic N) is 1. The molecule has 0 saturated carbocycles. The van der Waals surface area contributed by atoms with Crippen LogP contribution in [-0.4, -0.2) is 29.1 Å². The number of halogens is 1. The van der Waals surface area contributed by atoms with E-state index in [0.717, 1.165) is 17.7 Å². The van der Waals surface area contributed by atoms with Crippen LogP contribution in [0.1, 0.15) is 18.9 Å². The van der Waals surface area contributed by atoms with Gasteiger partial charge >= 0.3 is 5.97 Å². The lowest BCUT2D eigenvalue weighted by atomic mass is 10.1. The van der Waals surface area contributed by atoms with Gasteiger partial charge in [0.05, 0.1) is 6.54 Å². The molecule has 23 heavy (non-hydrogen) atoms. The van der Waals surface area contributed by atoms with Crippen LogP contribution in [0.5, 0.6) is 11.5 Å². The third-order valence-electron chi connectivity index (χ3n) is 3.33. The highest BCUT2D eigenvalue weighted by molar-refractivity contribution is 6.31. The molecule has 0 fully saturated rings. The Morgan fingerprint density at radius 2 is 1.91 bits per heavy atom. The quantitative estimate of drug-likeness (QED) is 0.776. The largest absolute Gasteiger partial charge is 0.480 e. The Morgan fingerprint density at radius 1 is 1.17 bits per heavy atom. The first-order valence-corrected chi connectivity index (χ1v) is 7.92.